The van der Waals surface area contributed by atoms with Gasteiger partial charge in [0.1, 0.15) is 11.5 Å². The van der Waals surface area contributed by atoms with E-state index in [4.69, 9.17) is 15.2 Å². The second-order valence-electron chi connectivity index (χ2n) is 8.68. The Bertz CT molecular complexity index is 1520. The van der Waals surface area contributed by atoms with Gasteiger partial charge in [-0.05, 0) is 72.1 Å². The van der Waals surface area contributed by atoms with Crippen molar-refractivity contribution in [2.75, 3.05) is 24.4 Å². The van der Waals surface area contributed by atoms with Gasteiger partial charge in [0.05, 0.1) is 47.6 Å². The van der Waals surface area contributed by atoms with Crippen LogP contribution in [0.2, 0.25) is 0 Å². The number of benzene rings is 3. The zero-order valence-corrected chi connectivity index (χ0v) is 20.5. The lowest BCUT2D eigenvalue weighted by atomic mass is 10.00. The van der Waals surface area contributed by atoms with E-state index < -0.39 is 5.91 Å². The largest absolute Gasteiger partial charge is 0.496 e. The van der Waals surface area contributed by atoms with E-state index in [2.05, 4.69) is 15.6 Å². The van der Waals surface area contributed by atoms with Crippen LogP contribution in [0.15, 0.2) is 72.9 Å². The molecule has 4 N–H and O–H groups in total. The van der Waals surface area contributed by atoms with Crippen LogP contribution in [0.25, 0.3) is 11.1 Å². The van der Waals surface area contributed by atoms with E-state index in [1.165, 1.54) is 7.11 Å². The molecule has 0 saturated heterocycles. The third kappa shape index (κ3) is 4.95. The zero-order chi connectivity index (χ0) is 25.9. The predicted molar refractivity (Wildman–Crippen MR) is 143 cm³/mol. The molecule has 8 nitrogen and oxygen atoms in total. The van der Waals surface area contributed by atoms with Crippen molar-refractivity contribution in [1.29, 1.82) is 0 Å². The molecule has 186 valence electrons. The number of hydrogen-bond acceptors (Lipinski definition) is 6. The van der Waals surface area contributed by atoms with Gasteiger partial charge in [-0.2, -0.15) is 0 Å². The molecule has 1 aromatic heterocycles. The van der Waals surface area contributed by atoms with Crippen molar-refractivity contribution in [2.45, 2.75) is 13.3 Å². The lowest BCUT2D eigenvalue weighted by Crippen LogP contribution is -2.12. The van der Waals surface area contributed by atoms with Crippen LogP contribution in [0, 0.1) is 6.92 Å². The normalized spacial score (nSPS) is 11.9. The molecule has 37 heavy (non-hydrogen) atoms. The summed E-state index contributed by atoms with van der Waals surface area (Å²) in [5.74, 6) is 0.402. The molecular formula is C29H26N4O4. The summed E-state index contributed by atoms with van der Waals surface area (Å²) in [5, 5.41) is 6.40. The third-order valence-corrected chi connectivity index (χ3v) is 6.27. The van der Waals surface area contributed by atoms with Crippen molar-refractivity contribution in [3.8, 4) is 22.6 Å². The molecular weight excluding hydrogens is 468 g/mol. The molecule has 1 aliphatic rings. The number of fused-ring (bicyclic) bond motifs is 2. The number of anilines is 3. The van der Waals surface area contributed by atoms with Gasteiger partial charge in [0.25, 0.3) is 11.8 Å². The molecule has 8 heteroatoms. The number of aryl methyl sites for hydroxylation is 1. The fourth-order valence-corrected chi connectivity index (χ4v) is 4.29. The van der Waals surface area contributed by atoms with Crippen LogP contribution in [0.3, 0.4) is 0 Å². The molecule has 0 aliphatic carbocycles. The van der Waals surface area contributed by atoms with Crippen LogP contribution in [-0.4, -0.2) is 30.5 Å². The number of nitrogens with two attached hydrogens (primary N) is 1. The van der Waals surface area contributed by atoms with Crippen LogP contribution < -0.4 is 25.8 Å². The molecule has 1 aliphatic heterocycles. The fourth-order valence-electron chi connectivity index (χ4n) is 4.29. The van der Waals surface area contributed by atoms with E-state index in [0.717, 1.165) is 33.8 Å². The highest BCUT2D eigenvalue weighted by Gasteiger charge is 2.20. The van der Waals surface area contributed by atoms with Crippen molar-refractivity contribution >= 4 is 28.9 Å². The summed E-state index contributed by atoms with van der Waals surface area (Å²) < 4.78 is 11.2. The number of rotatable bonds is 7. The average Bonchev–Trinajstić information content (AvgIpc) is 3.04. The maximum atomic E-state index is 13.0. The van der Waals surface area contributed by atoms with Gasteiger partial charge >= 0.3 is 0 Å². The highest BCUT2D eigenvalue weighted by atomic mass is 16.5. The average molecular weight is 495 g/mol. The predicted octanol–water partition coefficient (Wildman–Crippen LogP) is 5.10. The molecule has 0 fully saturated rings. The quantitative estimate of drug-likeness (QED) is 0.329. The lowest BCUT2D eigenvalue weighted by molar-refractivity contribution is 0.0995. The standard InChI is InChI=1S/C29H26N4O4/c1-17-26(4-3-12-31-17)37-13-11-18-5-10-23-25(14-18)33-29(35)21-8-6-19(15-24(21)32-23)20-7-9-22(28(30)34)27(16-20)36-2/h3-10,12,14-16,32H,11,13H2,1-2H3,(H2,30,34)(H,33,35). The molecule has 0 atom stereocenters. The summed E-state index contributed by atoms with van der Waals surface area (Å²) in [4.78, 5) is 28.9. The van der Waals surface area contributed by atoms with Gasteiger partial charge in [0.15, 0.2) is 0 Å². The highest BCUT2D eigenvalue weighted by Crippen LogP contribution is 2.36. The first-order valence-corrected chi connectivity index (χ1v) is 11.8. The number of aromatic nitrogens is 1. The number of amides is 2. The Labute approximate surface area is 214 Å². The van der Waals surface area contributed by atoms with E-state index in [1.54, 1.807) is 30.5 Å². The molecule has 2 heterocycles. The Morgan fingerprint density at radius 2 is 1.73 bits per heavy atom. The minimum atomic E-state index is -0.557. The van der Waals surface area contributed by atoms with Crippen LogP contribution in [-0.2, 0) is 6.42 Å². The molecule has 0 unspecified atom stereocenters. The van der Waals surface area contributed by atoms with Crippen LogP contribution >= 0.6 is 0 Å². The van der Waals surface area contributed by atoms with Crippen molar-refractivity contribution in [1.82, 2.24) is 4.98 Å². The lowest BCUT2D eigenvalue weighted by Gasteiger charge is -2.13. The van der Waals surface area contributed by atoms with Gasteiger partial charge in [-0.1, -0.05) is 18.2 Å². The Morgan fingerprint density at radius 3 is 2.51 bits per heavy atom. The van der Waals surface area contributed by atoms with Gasteiger partial charge in [-0.3, -0.25) is 14.6 Å². The number of primary amides is 1. The zero-order valence-electron chi connectivity index (χ0n) is 20.5. The smallest absolute Gasteiger partial charge is 0.257 e. The van der Waals surface area contributed by atoms with Crippen LogP contribution in [0.5, 0.6) is 11.5 Å². The van der Waals surface area contributed by atoms with Gasteiger partial charge in [-0.15, -0.1) is 0 Å². The molecule has 4 aromatic rings. The molecule has 0 saturated carbocycles. The number of nitrogens with zero attached hydrogens (tertiary/aromatic N) is 1. The van der Waals surface area contributed by atoms with Crippen LogP contribution in [0.1, 0.15) is 32.0 Å². The topological polar surface area (TPSA) is 116 Å². The molecule has 0 radical (unpaired) electrons. The summed E-state index contributed by atoms with van der Waals surface area (Å²) in [6, 6.07) is 20.4. The Hall–Kier alpha value is -4.85. The summed E-state index contributed by atoms with van der Waals surface area (Å²) >= 11 is 0. The Kier molecular flexibility index (Phi) is 6.47. The van der Waals surface area contributed by atoms with Crippen molar-refractivity contribution in [2.24, 2.45) is 5.73 Å². The van der Waals surface area contributed by atoms with Gasteiger partial charge in [-0.25, -0.2) is 0 Å². The highest BCUT2D eigenvalue weighted by molar-refractivity contribution is 6.12. The molecule has 0 spiro atoms. The fraction of sp³-hybridized carbons (Fsp3) is 0.138. The number of carbonyl (C=O) groups excluding carboxylic acids is 2. The number of ether oxygens (including phenoxy) is 2. The molecule has 0 bridgehead atoms. The summed E-state index contributed by atoms with van der Waals surface area (Å²) in [6.07, 6.45) is 2.42. The molecule has 5 rings (SSSR count). The van der Waals surface area contributed by atoms with Crippen molar-refractivity contribution in [3.05, 3.63) is 95.3 Å². The van der Waals surface area contributed by atoms with E-state index in [9.17, 15) is 9.59 Å². The number of pyridine rings is 1. The first kappa shape index (κ1) is 23.9. The van der Waals surface area contributed by atoms with E-state index >= 15 is 0 Å². The summed E-state index contributed by atoms with van der Waals surface area (Å²) in [6.45, 7) is 2.41. The number of methoxy groups -OCH3 is 1. The summed E-state index contributed by atoms with van der Waals surface area (Å²) in [5.41, 5.74) is 12.0. The maximum absolute atomic E-state index is 13.0. The van der Waals surface area contributed by atoms with E-state index in [0.29, 0.717) is 41.3 Å². The van der Waals surface area contributed by atoms with Gasteiger partial charge in [0, 0.05) is 12.6 Å². The molecule has 3 aromatic carbocycles. The van der Waals surface area contributed by atoms with Crippen molar-refractivity contribution in [3.63, 3.8) is 0 Å². The van der Waals surface area contributed by atoms with Crippen molar-refractivity contribution < 1.29 is 19.1 Å². The first-order chi connectivity index (χ1) is 17.9. The molecule has 2 amide bonds. The number of carbonyl (C=O) groups is 2. The first-order valence-electron chi connectivity index (χ1n) is 11.8. The second-order valence-corrected chi connectivity index (χ2v) is 8.68. The Balaban J connectivity index is 1.37. The SMILES string of the molecule is COc1cc(-c2ccc3c(c2)Nc2ccc(CCOc4cccnc4C)cc2NC3=O)ccc1C(N)=O. The monoisotopic (exact) mass is 494 g/mol. The van der Waals surface area contributed by atoms with Crippen LogP contribution in [0.4, 0.5) is 17.1 Å². The minimum Gasteiger partial charge on any atom is -0.496 e. The van der Waals surface area contributed by atoms with Gasteiger partial charge < -0.3 is 25.8 Å². The van der Waals surface area contributed by atoms with E-state index in [-0.39, 0.29) is 5.91 Å². The number of hydrogen-bond donors (Lipinski definition) is 3. The van der Waals surface area contributed by atoms with Gasteiger partial charge in [0.2, 0.25) is 0 Å². The Morgan fingerprint density at radius 1 is 0.919 bits per heavy atom. The minimum absolute atomic E-state index is 0.200. The third-order valence-electron chi connectivity index (χ3n) is 6.27. The number of nitrogens with one attached hydrogen (secondary N) is 2. The maximum Gasteiger partial charge on any atom is 0.257 e. The summed E-state index contributed by atoms with van der Waals surface area (Å²) in [7, 11) is 1.49. The van der Waals surface area contributed by atoms with E-state index in [1.807, 2.05) is 49.4 Å². The second kappa shape index (κ2) is 10.0.